The van der Waals surface area contributed by atoms with Gasteiger partial charge in [0.15, 0.2) is 5.75 Å². The minimum absolute atomic E-state index is 0.322. The van der Waals surface area contributed by atoms with Crippen LogP contribution in [0.3, 0.4) is 0 Å². The lowest BCUT2D eigenvalue weighted by atomic mass is 10.0. The highest BCUT2D eigenvalue weighted by Gasteiger charge is 2.16. The Bertz CT molecular complexity index is 1180. The summed E-state index contributed by atoms with van der Waals surface area (Å²) in [5, 5.41) is 27.0. The highest BCUT2D eigenvalue weighted by molar-refractivity contribution is 6.29. The SMILES string of the molecule is N#Cc1ccc(Oc2c[nH]nc2-c2cccc(C(O)c3cccc(Cl)n3)c2)cc1. The standard InChI is InChI=1S/C22H15ClN4O2/c23-20-6-2-5-18(26-20)22(28)16-4-1-3-15(11-16)21-19(13-25-27-21)29-17-9-7-14(12-24)8-10-17/h1-11,13,22,28H,(H,25,27). The average Bonchev–Trinajstić information content (AvgIpc) is 3.22. The molecule has 0 saturated carbocycles. The van der Waals surface area contributed by atoms with Gasteiger partial charge in [-0.3, -0.25) is 5.10 Å². The maximum atomic E-state index is 10.7. The van der Waals surface area contributed by atoms with Gasteiger partial charge in [-0.1, -0.05) is 35.9 Å². The maximum absolute atomic E-state index is 10.7. The highest BCUT2D eigenvalue weighted by Crippen LogP contribution is 2.33. The van der Waals surface area contributed by atoms with Gasteiger partial charge in [-0.25, -0.2) is 4.98 Å². The fourth-order valence-corrected chi connectivity index (χ4v) is 3.06. The van der Waals surface area contributed by atoms with E-state index in [2.05, 4.69) is 21.3 Å². The monoisotopic (exact) mass is 402 g/mol. The molecular formula is C22H15ClN4O2. The van der Waals surface area contributed by atoms with E-state index in [9.17, 15) is 5.11 Å². The van der Waals surface area contributed by atoms with Gasteiger partial charge in [0.05, 0.1) is 23.5 Å². The zero-order valence-corrected chi connectivity index (χ0v) is 15.8. The molecule has 1 unspecified atom stereocenters. The van der Waals surface area contributed by atoms with Gasteiger partial charge >= 0.3 is 0 Å². The molecule has 0 aliphatic carbocycles. The summed E-state index contributed by atoms with van der Waals surface area (Å²) in [7, 11) is 0. The van der Waals surface area contributed by atoms with E-state index < -0.39 is 6.10 Å². The Morgan fingerprint density at radius 3 is 2.62 bits per heavy atom. The van der Waals surface area contributed by atoms with Crippen LogP contribution in [0.2, 0.25) is 5.15 Å². The molecule has 2 N–H and O–H groups in total. The van der Waals surface area contributed by atoms with Gasteiger partial charge in [0.2, 0.25) is 0 Å². The van der Waals surface area contributed by atoms with Crippen molar-refractivity contribution in [3.8, 4) is 28.8 Å². The topological polar surface area (TPSA) is 94.8 Å². The summed E-state index contributed by atoms with van der Waals surface area (Å²) in [6.07, 6.45) is 0.727. The van der Waals surface area contributed by atoms with Crippen LogP contribution in [0.25, 0.3) is 11.3 Å². The number of pyridine rings is 1. The number of nitrogens with one attached hydrogen (secondary N) is 1. The van der Waals surface area contributed by atoms with Crippen LogP contribution in [-0.4, -0.2) is 20.3 Å². The lowest BCUT2D eigenvalue weighted by Crippen LogP contribution is -2.02. The Morgan fingerprint density at radius 2 is 1.86 bits per heavy atom. The molecule has 0 amide bonds. The molecule has 0 radical (unpaired) electrons. The van der Waals surface area contributed by atoms with Crippen molar-refractivity contribution >= 4 is 11.6 Å². The van der Waals surface area contributed by atoms with Crippen molar-refractivity contribution in [3.05, 3.63) is 94.9 Å². The summed E-state index contributed by atoms with van der Waals surface area (Å²) in [5.41, 5.74) is 3.05. The first-order valence-electron chi connectivity index (χ1n) is 8.76. The first-order valence-corrected chi connectivity index (χ1v) is 9.14. The largest absolute Gasteiger partial charge is 0.453 e. The molecule has 2 aromatic heterocycles. The maximum Gasteiger partial charge on any atom is 0.173 e. The van der Waals surface area contributed by atoms with Crippen LogP contribution in [0.5, 0.6) is 11.5 Å². The Hall–Kier alpha value is -3.66. The van der Waals surface area contributed by atoms with E-state index in [0.717, 1.165) is 5.56 Å². The quantitative estimate of drug-likeness (QED) is 0.464. The fourth-order valence-electron chi connectivity index (χ4n) is 2.89. The summed E-state index contributed by atoms with van der Waals surface area (Å²) in [5.74, 6) is 1.12. The minimum atomic E-state index is -0.921. The number of benzene rings is 2. The number of aromatic amines is 1. The van der Waals surface area contributed by atoms with Crippen molar-refractivity contribution in [3.63, 3.8) is 0 Å². The number of aromatic nitrogens is 3. The molecule has 0 aliphatic heterocycles. The second-order valence-corrected chi connectivity index (χ2v) is 6.64. The number of hydrogen-bond donors (Lipinski definition) is 2. The van der Waals surface area contributed by atoms with Crippen molar-refractivity contribution < 1.29 is 9.84 Å². The van der Waals surface area contributed by atoms with Crippen molar-refractivity contribution in [2.75, 3.05) is 0 Å². The number of nitrogens with zero attached hydrogens (tertiary/aromatic N) is 3. The van der Waals surface area contributed by atoms with Crippen LogP contribution >= 0.6 is 11.6 Å². The van der Waals surface area contributed by atoms with E-state index in [1.807, 2.05) is 24.3 Å². The summed E-state index contributed by atoms with van der Waals surface area (Å²) in [6.45, 7) is 0. The molecule has 6 nitrogen and oxygen atoms in total. The van der Waals surface area contributed by atoms with Crippen LogP contribution in [0.4, 0.5) is 0 Å². The predicted molar refractivity (Wildman–Crippen MR) is 109 cm³/mol. The van der Waals surface area contributed by atoms with Crippen LogP contribution in [0.15, 0.2) is 72.9 Å². The lowest BCUT2D eigenvalue weighted by molar-refractivity contribution is 0.215. The Morgan fingerprint density at radius 1 is 1.07 bits per heavy atom. The number of ether oxygens (including phenoxy) is 1. The summed E-state index contributed by atoms with van der Waals surface area (Å²) < 4.78 is 5.91. The highest BCUT2D eigenvalue weighted by atomic mass is 35.5. The van der Waals surface area contributed by atoms with E-state index in [-0.39, 0.29) is 0 Å². The van der Waals surface area contributed by atoms with Gasteiger partial charge in [-0.2, -0.15) is 10.4 Å². The predicted octanol–water partition coefficient (Wildman–Crippen LogP) is 4.87. The van der Waals surface area contributed by atoms with E-state index in [0.29, 0.717) is 39.2 Å². The summed E-state index contributed by atoms with van der Waals surface area (Å²) >= 11 is 5.94. The number of nitriles is 1. The Balaban J connectivity index is 1.62. The second-order valence-electron chi connectivity index (χ2n) is 6.25. The number of aliphatic hydroxyl groups is 1. The Kier molecular flexibility index (Phi) is 5.25. The van der Waals surface area contributed by atoms with Crippen molar-refractivity contribution in [1.82, 2.24) is 15.2 Å². The summed E-state index contributed by atoms with van der Waals surface area (Å²) in [4.78, 5) is 4.18. The molecule has 2 heterocycles. The molecule has 0 spiro atoms. The van der Waals surface area contributed by atoms with Crippen LogP contribution in [-0.2, 0) is 0 Å². The van der Waals surface area contributed by atoms with Gasteiger partial charge < -0.3 is 9.84 Å². The van der Waals surface area contributed by atoms with Gasteiger partial charge in [-0.05, 0) is 48.0 Å². The molecule has 4 rings (SSSR count). The van der Waals surface area contributed by atoms with E-state index in [1.54, 1.807) is 48.7 Å². The third kappa shape index (κ3) is 4.11. The normalized spacial score (nSPS) is 11.6. The van der Waals surface area contributed by atoms with Gasteiger partial charge in [0, 0.05) is 5.56 Å². The van der Waals surface area contributed by atoms with Crippen molar-refractivity contribution in [1.29, 1.82) is 5.26 Å². The molecule has 29 heavy (non-hydrogen) atoms. The number of rotatable bonds is 5. The third-order valence-corrected chi connectivity index (χ3v) is 4.52. The molecular weight excluding hydrogens is 388 g/mol. The molecule has 0 fully saturated rings. The van der Waals surface area contributed by atoms with Gasteiger partial charge in [-0.15, -0.1) is 0 Å². The number of aliphatic hydroxyl groups excluding tert-OH is 1. The van der Waals surface area contributed by atoms with Crippen LogP contribution in [0.1, 0.15) is 22.9 Å². The molecule has 0 bridgehead atoms. The number of hydrogen-bond acceptors (Lipinski definition) is 5. The lowest BCUT2D eigenvalue weighted by Gasteiger charge is -2.12. The second kappa shape index (κ2) is 8.15. The van der Waals surface area contributed by atoms with Crippen LogP contribution < -0.4 is 4.74 Å². The summed E-state index contributed by atoms with van der Waals surface area (Å²) in [6, 6.07) is 21.4. The van der Waals surface area contributed by atoms with Crippen LogP contribution in [0, 0.1) is 11.3 Å². The zero-order chi connectivity index (χ0) is 20.2. The zero-order valence-electron chi connectivity index (χ0n) is 15.1. The molecule has 4 aromatic rings. The van der Waals surface area contributed by atoms with Gasteiger partial charge in [0.25, 0.3) is 0 Å². The first kappa shape index (κ1) is 18.7. The number of H-pyrrole nitrogens is 1. The molecule has 7 heteroatoms. The smallest absolute Gasteiger partial charge is 0.173 e. The third-order valence-electron chi connectivity index (χ3n) is 4.31. The number of halogens is 1. The average molecular weight is 403 g/mol. The minimum Gasteiger partial charge on any atom is -0.453 e. The van der Waals surface area contributed by atoms with Crippen molar-refractivity contribution in [2.24, 2.45) is 0 Å². The van der Waals surface area contributed by atoms with E-state index in [1.165, 1.54) is 0 Å². The van der Waals surface area contributed by atoms with Gasteiger partial charge in [0.1, 0.15) is 22.7 Å². The molecule has 0 saturated heterocycles. The van der Waals surface area contributed by atoms with E-state index in [4.69, 9.17) is 21.6 Å². The molecule has 0 aliphatic rings. The fraction of sp³-hybridized carbons (Fsp3) is 0.0455. The Labute approximate surface area is 172 Å². The molecule has 1 atom stereocenters. The first-order chi connectivity index (χ1) is 14.1. The molecule has 142 valence electrons. The van der Waals surface area contributed by atoms with Crippen molar-refractivity contribution in [2.45, 2.75) is 6.10 Å². The molecule has 2 aromatic carbocycles. The van der Waals surface area contributed by atoms with E-state index >= 15 is 0 Å².